The molecule has 1 aliphatic heterocycles. The third kappa shape index (κ3) is 2.84. The number of rotatable bonds is 3. The van der Waals surface area contributed by atoms with E-state index in [1.54, 1.807) is 13.0 Å². The Kier molecular flexibility index (Phi) is 3.96. The fraction of sp³-hybridized carbons (Fsp3) is 0.700. The van der Waals surface area contributed by atoms with Crippen molar-refractivity contribution in [3.05, 3.63) is 12.7 Å². The fourth-order valence-electron chi connectivity index (χ4n) is 1.67. The standard InChI is InChI=1S/C10H17NO2/c1-3-6-11(9(2)12)10-4-7-13-8-5-10/h3,10H,1,4-8H2,2H3. The summed E-state index contributed by atoms with van der Waals surface area (Å²) in [6, 6.07) is 0.351. The average Bonchev–Trinajstić information content (AvgIpc) is 2.15. The van der Waals surface area contributed by atoms with Crippen LogP contribution in [0, 0.1) is 0 Å². The van der Waals surface area contributed by atoms with E-state index in [0.29, 0.717) is 12.6 Å². The SMILES string of the molecule is C=CCN(C(C)=O)C1CCOCC1. The summed E-state index contributed by atoms with van der Waals surface area (Å²) < 4.78 is 5.24. The molecule has 1 amide bonds. The van der Waals surface area contributed by atoms with Crippen molar-refractivity contribution in [3.63, 3.8) is 0 Å². The first-order valence-electron chi connectivity index (χ1n) is 4.71. The summed E-state index contributed by atoms with van der Waals surface area (Å²) in [5, 5.41) is 0. The van der Waals surface area contributed by atoms with Gasteiger partial charge in [-0.05, 0) is 12.8 Å². The number of carbonyl (C=O) groups excluding carboxylic acids is 1. The Morgan fingerprint density at radius 3 is 2.69 bits per heavy atom. The smallest absolute Gasteiger partial charge is 0.219 e. The predicted molar refractivity (Wildman–Crippen MR) is 51.4 cm³/mol. The molecule has 0 aromatic rings. The lowest BCUT2D eigenvalue weighted by atomic mass is 10.1. The van der Waals surface area contributed by atoms with E-state index >= 15 is 0 Å². The summed E-state index contributed by atoms with van der Waals surface area (Å²) in [6.45, 7) is 7.45. The van der Waals surface area contributed by atoms with Gasteiger partial charge in [-0.3, -0.25) is 4.79 Å². The molecule has 0 aliphatic carbocycles. The van der Waals surface area contributed by atoms with Gasteiger partial charge in [0.25, 0.3) is 0 Å². The molecule has 1 aliphatic rings. The minimum atomic E-state index is 0.131. The van der Waals surface area contributed by atoms with Crippen LogP contribution in [0.15, 0.2) is 12.7 Å². The summed E-state index contributed by atoms with van der Waals surface area (Å²) in [5.74, 6) is 0.131. The maximum absolute atomic E-state index is 11.3. The van der Waals surface area contributed by atoms with Crippen molar-refractivity contribution in [1.29, 1.82) is 0 Å². The number of nitrogens with zero attached hydrogens (tertiary/aromatic N) is 1. The monoisotopic (exact) mass is 183 g/mol. The van der Waals surface area contributed by atoms with Crippen LogP contribution >= 0.6 is 0 Å². The molecule has 0 unspecified atom stereocenters. The normalized spacial score (nSPS) is 18.2. The second kappa shape index (κ2) is 5.02. The molecule has 0 aromatic carbocycles. The Labute approximate surface area is 79.4 Å². The molecule has 1 heterocycles. The van der Waals surface area contributed by atoms with Crippen LogP contribution in [-0.2, 0) is 9.53 Å². The first-order chi connectivity index (χ1) is 6.25. The molecular weight excluding hydrogens is 166 g/mol. The number of hydrogen-bond donors (Lipinski definition) is 0. The van der Waals surface area contributed by atoms with Gasteiger partial charge in [-0.2, -0.15) is 0 Å². The molecule has 13 heavy (non-hydrogen) atoms. The highest BCUT2D eigenvalue weighted by atomic mass is 16.5. The Morgan fingerprint density at radius 2 is 2.23 bits per heavy atom. The van der Waals surface area contributed by atoms with Crippen LogP contribution in [0.2, 0.25) is 0 Å². The quantitative estimate of drug-likeness (QED) is 0.615. The molecule has 1 rings (SSSR count). The van der Waals surface area contributed by atoms with Crippen molar-refractivity contribution in [1.82, 2.24) is 4.90 Å². The zero-order chi connectivity index (χ0) is 9.68. The zero-order valence-electron chi connectivity index (χ0n) is 8.16. The summed E-state index contributed by atoms with van der Waals surface area (Å²) in [6.07, 6.45) is 3.68. The van der Waals surface area contributed by atoms with E-state index in [1.165, 1.54) is 0 Å². The third-order valence-electron chi connectivity index (χ3n) is 2.36. The van der Waals surface area contributed by atoms with Crippen LogP contribution in [-0.4, -0.2) is 36.6 Å². The molecule has 0 radical (unpaired) electrons. The number of ether oxygens (including phenoxy) is 1. The van der Waals surface area contributed by atoms with Gasteiger partial charge in [-0.15, -0.1) is 6.58 Å². The van der Waals surface area contributed by atoms with Crippen molar-refractivity contribution in [3.8, 4) is 0 Å². The molecule has 3 nitrogen and oxygen atoms in total. The van der Waals surface area contributed by atoms with E-state index in [1.807, 2.05) is 4.90 Å². The first kappa shape index (κ1) is 10.3. The van der Waals surface area contributed by atoms with Crippen LogP contribution in [0.3, 0.4) is 0 Å². The molecule has 0 aromatic heterocycles. The van der Waals surface area contributed by atoms with Gasteiger partial charge in [0.2, 0.25) is 5.91 Å². The predicted octanol–water partition coefficient (Wildman–Crippen LogP) is 1.20. The second-order valence-electron chi connectivity index (χ2n) is 3.30. The molecule has 0 bridgehead atoms. The van der Waals surface area contributed by atoms with Crippen LogP contribution in [0.4, 0.5) is 0 Å². The average molecular weight is 183 g/mol. The topological polar surface area (TPSA) is 29.5 Å². The minimum Gasteiger partial charge on any atom is -0.381 e. The summed E-state index contributed by atoms with van der Waals surface area (Å²) in [4.78, 5) is 13.1. The van der Waals surface area contributed by atoms with Gasteiger partial charge in [-0.25, -0.2) is 0 Å². The molecular formula is C10H17NO2. The highest BCUT2D eigenvalue weighted by Gasteiger charge is 2.21. The molecule has 1 fully saturated rings. The Bertz CT molecular complexity index is 185. The molecule has 0 atom stereocenters. The Hall–Kier alpha value is -0.830. The van der Waals surface area contributed by atoms with E-state index in [0.717, 1.165) is 26.1 Å². The lowest BCUT2D eigenvalue weighted by Crippen LogP contribution is -2.42. The molecule has 3 heteroatoms. The largest absolute Gasteiger partial charge is 0.381 e. The highest BCUT2D eigenvalue weighted by Crippen LogP contribution is 2.14. The number of hydrogen-bond acceptors (Lipinski definition) is 2. The van der Waals surface area contributed by atoms with E-state index in [2.05, 4.69) is 6.58 Å². The van der Waals surface area contributed by atoms with Crippen molar-refractivity contribution in [2.24, 2.45) is 0 Å². The summed E-state index contributed by atoms with van der Waals surface area (Å²) in [5.41, 5.74) is 0. The van der Waals surface area contributed by atoms with Crippen LogP contribution in [0.1, 0.15) is 19.8 Å². The van der Waals surface area contributed by atoms with E-state index < -0.39 is 0 Å². The molecule has 74 valence electrons. The number of carbonyl (C=O) groups is 1. The van der Waals surface area contributed by atoms with E-state index in [-0.39, 0.29) is 5.91 Å². The third-order valence-corrected chi connectivity index (χ3v) is 2.36. The highest BCUT2D eigenvalue weighted by molar-refractivity contribution is 5.73. The molecule has 0 N–H and O–H groups in total. The number of amides is 1. The van der Waals surface area contributed by atoms with Crippen molar-refractivity contribution in [2.75, 3.05) is 19.8 Å². The maximum Gasteiger partial charge on any atom is 0.219 e. The van der Waals surface area contributed by atoms with Gasteiger partial charge in [0.1, 0.15) is 0 Å². The van der Waals surface area contributed by atoms with Gasteiger partial charge in [-0.1, -0.05) is 6.08 Å². The second-order valence-corrected chi connectivity index (χ2v) is 3.30. The summed E-state index contributed by atoms with van der Waals surface area (Å²) >= 11 is 0. The van der Waals surface area contributed by atoms with Crippen LogP contribution in [0.5, 0.6) is 0 Å². The van der Waals surface area contributed by atoms with Gasteiger partial charge in [0.15, 0.2) is 0 Å². The fourth-order valence-corrected chi connectivity index (χ4v) is 1.67. The maximum atomic E-state index is 11.3. The van der Waals surface area contributed by atoms with Gasteiger partial charge in [0, 0.05) is 32.7 Å². The van der Waals surface area contributed by atoms with Crippen molar-refractivity contribution in [2.45, 2.75) is 25.8 Å². The molecule has 0 saturated carbocycles. The molecule has 1 saturated heterocycles. The summed E-state index contributed by atoms with van der Waals surface area (Å²) in [7, 11) is 0. The minimum absolute atomic E-state index is 0.131. The van der Waals surface area contributed by atoms with E-state index in [4.69, 9.17) is 4.74 Å². The van der Waals surface area contributed by atoms with Crippen LogP contribution < -0.4 is 0 Å². The van der Waals surface area contributed by atoms with Gasteiger partial charge in [0.05, 0.1) is 0 Å². The van der Waals surface area contributed by atoms with Crippen LogP contribution in [0.25, 0.3) is 0 Å². The van der Waals surface area contributed by atoms with Gasteiger partial charge < -0.3 is 9.64 Å². The molecule has 0 spiro atoms. The Balaban J connectivity index is 2.51. The lowest BCUT2D eigenvalue weighted by Gasteiger charge is -2.32. The van der Waals surface area contributed by atoms with Crippen molar-refractivity contribution < 1.29 is 9.53 Å². The van der Waals surface area contributed by atoms with Gasteiger partial charge >= 0.3 is 0 Å². The Morgan fingerprint density at radius 1 is 1.62 bits per heavy atom. The van der Waals surface area contributed by atoms with Crippen molar-refractivity contribution >= 4 is 5.91 Å². The zero-order valence-corrected chi connectivity index (χ0v) is 8.16. The first-order valence-corrected chi connectivity index (χ1v) is 4.71. The lowest BCUT2D eigenvalue weighted by molar-refractivity contribution is -0.132. The van der Waals surface area contributed by atoms with E-state index in [9.17, 15) is 4.79 Å².